The summed E-state index contributed by atoms with van der Waals surface area (Å²) in [5.41, 5.74) is 2.55. The van der Waals surface area contributed by atoms with Crippen LogP contribution in [0.25, 0.3) is 11.4 Å². The van der Waals surface area contributed by atoms with Crippen molar-refractivity contribution in [3.05, 3.63) is 71.2 Å². The molecule has 0 unspecified atom stereocenters. The fraction of sp³-hybridized carbons (Fsp3) is 0.100. The van der Waals surface area contributed by atoms with E-state index >= 15 is 0 Å². The van der Waals surface area contributed by atoms with Crippen molar-refractivity contribution in [2.24, 2.45) is 7.05 Å². The first-order valence-corrected chi connectivity index (χ1v) is 9.90. The summed E-state index contributed by atoms with van der Waals surface area (Å²) in [6.07, 6.45) is 0.0907. The second-order valence-corrected chi connectivity index (χ2v) is 7.25. The maximum absolute atomic E-state index is 12.4. The molecule has 0 aliphatic carbocycles. The number of tetrazole rings is 1. The van der Waals surface area contributed by atoms with Gasteiger partial charge in [0.1, 0.15) is 0 Å². The molecule has 0 aliphatic heterocycles. The minimum absolute atomic E-state index is 0.0907. The van der Waals surface area contributed by atoms with E-state index in [-0.39, 0.29) is 18.2 Å². The number of carbonyl (C=O) groups excluding carboxylic acids is 2. The van der Waals surface area contributed by atoms with Gasteiger partial charge >= 0.3 is 0 Å². The number of hydrogen-bond acceptors (Lipinski definition) is 7. The monoisotopic (exact) mass is 419 g/mol. The predicted molar refractivity (Wildman–Crippen MR) is 113 cm³/mol. The van der Waals surface area contributed by atoms with E-state index in [0.29, 0.717) is 27.9 Å². The zero-order valence-corrected chi connectivity index (χ0v) is 16.8. The molecule has 0 saturated carbocycles. The highest BCUT2D eigenvalue weighted by atomic mass is 32.1. The second kappa shape index (κ2) is 8.62. The van der Waals surface area contributed by atoms with Gasteiger partial charge in [0.25, 0.3) is 5.91 Å². The third kappa shape index (κ3) is 4.55. The lowest BCUT2D eigenvalue weighted by molar-refractivity contribution is -0.115. The Hall–Kier alpha value is -3.92. The van der Waals surface area contributed by atoms with Gasteiger partial charge in [-0.3, -0.25) is 14.9 Å². The molecular formula is C20H17N7O2S. The van der Waals surface area contributed by atoms with Crippen molar-refractivity contribution in [1.29, 1.82) is 0 Å². The van der Waals surface area contributed by atoms with Crippen molar-refractivity contribution in [3.8, 4) is 11.4 Å². The fourth-order valence-corrected chi connectivity index (χ4v) is 3.49. The quantitative estimate of drug-likeness (QED) is 0.497. The number of amides is 2. The smallest absolute Gasteiger partial charge is 0.257 e. The Kier molecular flexibility index (Phi) is 5.57. The molecule has 4 aromatic rings. The number of nitrogens with zero attached hydrogens (tertiary/aromatic N) is 5. The number of thiazole rings is 1. The topological polar surface area (TPSA) is 115 Å². The van der Waals surface area contributed by atoms with Crippen LogP contribution < -0.4 is 10.6 Å². The summed E-state index contributed by atoms with van der Waals surface area (Å²) < 4.78 is 1.56. The van der Waals surface area contributed by atoms with Gasteiger partial charge < -0.3 is 5.32 Å². The van der Waals surface area contributed by atoms with E-state index in [4.69, 9.17) is 0 Å². The highest BCUT2D eigenvalue weighted by Gasteiger charge is 2.12. The van der Waals surface area contributed by atoms with Crippen molar-refractivity contribution in [3.63, 3.8) is 0 Å². The van der Waals surface area contributed by atoms with Crippen LogP contribution in [-0.2, 0) is 18.3 Å². The number of carbonyl (C=O) groups is 2. The lowest BCUT2D eigenvalue weighted by atomic mass is 10.2. The number of hydrogen-bond donors (Lipinski definition) is 2. The number of nitrogens with one attached hydrogen (secondary N) is 2. The van der Waals surface area contributed by atoms with Gasteiger partial charge in [0.2, 0.25) is 5.91 Å². The molecule has 2 aromatic carbocycles. The maximum Gasteiger partial charge on any atom is 0.257 e. The van der Waals surface area contributed by atoms with Crippen molar-refractivity contribution in [1.82, 2.24) is 25.2 Å². The zero-order valence-electron chi connectivity index (χ0n) is 15.9. The summed E-state index contributed by atoms with van der Waals surface area (Å²) in [6, 6.07) is 16.2. The van der Waals surface area contributed by atoms with Crippen LogP contribution in [0.2, 0.25) is 0 Å². The van der Waals surface area contributed by atoms with Gasteiger partial charge in [-0.05, 0) is 34.7 Å². The summed E-state index contributed by atoms with van der Waals surface area (Å²) in [7, 11) is 1.75. The number of aromatic nitrogens is 5. The van der Waals surface area contributed by atoms with E-state index in [1.807, 2.05) is 18.2 Å². The molecule has 2 N–H and O–H groups in total. The minimum Gasteiger partial charge on any atom is -0.326 e. The van der Waals surface area contributed by atoms with E-state index in [2.05, 4.69) is 31.1 Å². The van der Waals surface area contributed by atoms with Gasteiger partial charge in [0, 0.05) is 29.2 Å². The van der Waals surface area contributed by atoms with Crippen LogP contribution in [0.4, 0.5) is 10.8 Å². The predicted octanol–water partition coefficient (Wildman–Crippen LogP) is 2.77. The molecule has 10 heteroatoms. The Labute approximate surface area is 175 Å². The van der Waals surface area contributed by atoms with Crippen LogP contribution in [0.5, 0.6) is 0 Å². The van der Waals surface area contributed by atoms with Gasteiger partial charge in [-0.25, -0.2) is 9.67 Å². The van der Waals surface area contributed by atoms with E-state index in [0.717, 1.165) is 5.56 Å². The molecule has 2 heterocycles. The molecule has 0 atom stereocenters. The first-order valence-electron chi connectivity index (χ1n) is 9.02. The SMILES string of the molecule is Cn1nnnc1-c1cccc(NC(=O)Cc2csc(NC(=O)c3ccccc3)n2)c1. The molecule has 150 valence electrons. The molecule has 30 heavy (non-hydrogen) atoms. The summed E-state index contributed by atoms with van der Waals surface area (Å²) in [4.78, 5) is 28.9. The number of aryl methyl sites for hydroxylation is 1. The number of benzene rings is 2. The lowest BCUT2D eigenvalue weighted by Gasteiger charge is -2.06. The Bertz CT molecular complexity index is 1190. The second-order valence-electron chi connectivity index (χ2n) is 6.40. The van der Waals surface area contributed by atoms with Gasteiger partial charge in [-0.2, -0.15) is 0 Å². The summed E-state index contributed by atoms with van der Waals surface area (Å²) >= 11 is 1.28. The Morgan fingerprint density at radius 2 is 1.90 bits per heavy atom. The zero-order chi connectivity index (χ0) is 20.9. The van der Waals surface area contributed by atoms with Crippen molar-refractivity contribution in [2.75, 3.05) is 10.6 Å². The molecule has 0 fully saturated rings. The molecule has 0 radical (unpaired) electrons. The highest BCUT2D eigenvalue weighted by Crippen LogP contribution is 2.21. The van der Waals surface area contributed by atoms with Gasteiger partial charge in [-0.15, -0.1) is 16.4 Å². The molecule has 0 saturated heterocycles. The summed E-state index contributed by atoms with van der Waals surface area (Å²) in [5.74, 6) is 0.148. The lowest BCUT2D eigenvalue weighted by Crippen LogP contribution is -2.15. The summed E-state index contributed by atoms with van der Waals surface area (Å²) in [6.45, 7) is 0. The minimum atomic E-state index is -0.240. The Balaban J connectivity index is 1.37. The molecule has 0 aliphatic rings. The average Bonchev–Trinajstić information content (AvgIpc) is 3.37. The van der Waals surface area contributed by atoms with Gasteiger partial charge in [0.05, 0.1) is 12.1 Å². The Morgan fingerprint density at radius 3 is 2.67 bits per heavy atom. The summed E-state index contributed by atoms with van der Waals surface area (Å²) in [5, 5.41) is 19.2. The van der Waals surface area contributed by atoms with Crippen molar-refractivity contribution >= 4 is 34.0 Å². The molecule has 2 amide bonds. The largest absolute Gasteiger partial charge is 0.326 e. The molecule has 4 rings (SSSR count). The van der Waals surface area contributed by atoms with Gasteiger partial charge in [0.15, 0.2) is 11.0 Å². The first kappa shape index (κ1) is 19.4. The molecular weight excluding hydrogens is 402 g/mol. The third-order valence-electron chi connectivity index (χ3n) is 4.17. The normalized spacial score (nSPS) is 10.6. The standard InChI is InChI=1S/C20H17N7O2S/c1-27-18(24-25-26-27)14-8-5-9-15(10-14)21-17(28)11-16-12-30-20(22-16)23-19(29)13-6-3-2-4-7-13/h2-10,12H,11H2,1H3,(H,21,28)(H,22,23,29). The Morgan fingerprint density at radius 1 is 1.07 bits per heavy atom. The molecule has 0 spiro atoms. The van der Waals surface area contributed by atoms with E-state index in [1.165, 1.54) is 11.3 Å². The highest BCUT2D eigenvalue weighted by molar-refractivity contribution is 7.14. The third-order valence-corrected chi connectivity index (χ3v) is 4.98. The number of anilines is 2. The van der Waals surface area contributed by atoms with Crippen molar-refractivity contribution in [2.45, 2.75) is 6.42 Å². The molecule has 0 bridgehead atoms. The van der Waals surface area contributed by atoms with Crippen molar-refractivity contribution < 1.29 is 9.59 Å². The van der Waals surface area contributed by atoms with Gasteiger partial charge in [-0.1, -0.05) is 30.3 Å². The van der Waals surface area contributed by atoms with E-state index in [9.17, 15) is 9.59 Å². The van der Waals surface area contributed by atoms with Crippen LogP contribution >= 0.6 is 11.3 Å². The fourth-order valence-electron chi connectivity index (χ4n) is 2.78. The van der Waals surface area contributed by atoms with Crippen LogP contribution in [0.15, 0.2) is 60.0 Å². The first-order chi connectivity index (χ1) is 14.6. The maximum atomic E-state index is 12.4. The van der Waals surface area contributed by atoms with Crippen LogP contribution in [0, 0.1) is 0 Å². The number of rotatable bonds is 6. The van der Waals surface area contributed by atoms with E-state index in [1.54, 1.807) is 53.5 Å². The average molecular weight is 419 g/mol. The molecule has 9 nitrogen and oxygen atoms in total. The molecule has 2 aromatic heterocycles. The van der Waals surface area contributed by atoms with Crippen LogP contribution in [-0.4, -0.2) is 37.0 Å². The van der Waals surface area contributed by atoms with Crippen LogP contribution in [0.1, 0.15) is 16.1 Å². The van der Waals surface area contributed by atoms with E-state index < -0.39 is 0 Å². The van der Waals surface area contributed by atoms with Crippen LogP contribution in [0.3, 0.4) is 0 Å².